The maximum atomic E-state index is 13.8. The summed E-state index contributed by atoms with van der Waals surface area (Å²) in [5.74, 6) is -1.07. The highest BCUT2D eigenvalue weighted by atomic mass is 19.1. The molecule has 5 nitrogen and oxygen atoms in total. The van der Waals surface area contributed by atoms with Gasteiger partial charge < -0.3 is 15.3 Å². The SMILES string of the molecule is CNC(C)(CN1CCN(c2ccccc2F)CC1)C(=O)O. The molecule has 21 heavy (non-hydrogen) atoms. The third-order valence-electron chi connectivity index (χ3n) is 4.13. The first kappa shape index (κ1) is 15.7. The molecule has 2 N–H and O–H groups in total. The molecule has 1 atom stereocenters. The molecule has 1 aromatic carbocycles. The fourth-order valence-electron chi connectivity index (χ4n) is 2.56. The number of anilines is 1. The molecule has 0 radical (unpaired) electrons. The lowest BCUT2D eigenvalue weighted by Crippen LogP contribution is -2.58. The highest BCUT2D eigenvalue weighted by molar-refractivity contribution is 5.78. The number of hydrogen-bond acceptors (Lipinski definition) is 4. The zero-order chi connectivity index (χ0) is 15.5. The number of carboxylic acids is 1. The largest absolute Gasteiger partial charge is 0.480 e. The van der Waals surface area contributed by atoms with Crippen LogP contribution in [0.25, 0.3) is 0 Å². The second-order valence-electron chi connectivity index (χ2n) is 5.60. The Labute approximate surface area is 124 Å². The van der Waals surface area contributed by atoms with Crippen molar-refractivity contribution in [2.45, 2.75) is 12.5 Å². The Morgan fingerprint density at radius 3 is 2.48 bits per heavy atom. The number of likely N-dealkylation sites (N-methyl/N-ethyl adjacent to an activating group) is 1. The molecule has 1 unspecified atom stereocenters. The molecule has 1 fully saturated rings. The Bertz CT molecular complexity index is 503. The zero-order valence-electron chi connectivity index (χ0n) is 12.5. The number of carboxylic acid groups (broad SMARTS) is 1. The molecule has 0 bridgehead atoms. The van der Waals surface area contributed by atoms with Crippen molar-refractivity contribution >= 4 is 11.7 Å². The number of piperazine rings is 1. The number of rotatable bonds is 5. The Hall–Kier alpha value is -1.66. The molecule has 1 aromatic rings. The van der Waals surface area contributed by atoms with Gasteiger partial charge in [-0.3, -0.25) is 9.69 Å². The topological polar surface area (TPSA) is 55.8 Å². The summed E-state index contributed by atoms with van der Waals surface area (Å²) in [6.45, 7) is 4.95. The van der Waals surface area contributed by atoms with Crippen LogP contribution in [0.3, 0.4) is 0 Å². The molecule has 6 heteroatoms. The number of para-hydroxylation sites is 1. The lowest BCUT2D eigenvalue weighted by Gasteiger charge is -2.39. The Kier molecular flexibility index (Phi) is 4.80. The van der Waals surface area contributed by atoms with Crippen molar-refractivity contribution in [3.63, 3.8) is 0 Å². The van der Waals surface area contributed by atoms with Gasteiger partial charge in [0.15, 0.2) is 0 Å². The van der Waals surface area contributed by atoms with Crippen molar-refractivity contribution in [2.75, 3.05) is 44.7 Å². The van der Waals surface area contributed by atoms with Crippen LogP contribution in [0, 0.1) is 5.82 Å². The van der Waals surface area contributed by atoms with Crippen molar-refractivity contribution in [1.82, 2.24) is 10.2 Å². The van der Waals surface area contributed by atoms with E-state index in [1.807, 2.05) is 11.0 Å². The normalized spacial score (nSPS) is 19.3. The van der Waals surface area contributed by atoms with Gasteiger partial charge in [-0.15, -0.1) is 0 Å². The van der Waals surface area contributed by atoms with Gasteiger partial charge in [-0.2, -0.15) is 0 Å². The van der Waals surface area contributed by atoms with Gasteiger partial charge in [-0.1, -0.05) is 12.1 Å². The summed E-state index contributed by atoms with van der Waals surface area (Å²) < 4.78 is 13.8. The minimum Gasteiger partial charge on any atom is -0.480 e. The van der Waals surface area contributed by atoms with Crippen molar-refractivity contribution in [3.05, 3.63) is 30.1 Å². The second kappa shape index (κ2) is 6.41. The van der Waals surface area contributed by atoms with Gasteiger partial charge in [0.05, 0.1) is 5.69 Å². The first-order valence-corrected chi connectivity index (χ1v) is 7.10. The third-order valence-corrected chi connectivity index (χ3v) is 4.13. The average Bonchev–Trinajstić information content (AvgIpc) is 2.48. The van der Waals surface area contributed by atoms with Gasteiger partial charge >= 0.3 is 5.97 Å². The number of benzene rings is 1. The van der Waals surface area contributed by atoms with Gasteiger partial charge in [0.25, 0.3) is 0 Å². The predicted octanol–water partition coefficient (Wildman–Crippen LogP) is 1.01. The number of nitrogens with zero attached hydrogens (tertiary/aromatic N) is 2. The van der Waals surface area contributed by atoms with E-state index in [0.717, 1.165) is 13.1 Å². The van der Waals surface area contributed by atoms with Crippen LogP contribution >= 0.6 is 0 Å². The Morgan fingerprint density at radius 2 is 1.95 bits per heavy atom. The monoisotopic (exact) mass is 295 g/mol. The molecule has 1 aliphatic rings. The summed E-state index contributed by atoms with van der Waals surface area (Å²) in [5, 5.41) is 12.1. The quantitative estimate of drug-likeness (QED) is 0.849. The molecule has 1 heterocycles. The number of aliphatic carboxylic acids is 1. The predicted molar refractivity (Wildman–Crippen MR) is 80.2 cm³/mol. The fraction of sp³-hybridized carbons (Fsp3) is 0.533. The van der Waals surface area contributed by atoms with E-state index in [-0.39, 0.29) is 5.82 Å². The Balaban J connectivity index is 1.95. The zero-order valence-corrected chi connectivity index (χ0v) is 12.5. The van der Waals surface area contributed by atoms with Crippen LogP contribution in [0.1, 0.15) is 6.92 Å². The minimum atomic E-state index is -0.958. The molecule has 1 aliphatic heterocycles. The van der Waals surface area contributed by atoms with Crippen LogP contribution in [-0.2, 0) is 4.79 Å². The van der Waals surface area contributed by atoms with E-state index >= 15 is 0 Å². The summed E-state index contributed by atoms with van der Waals surface area (Å²) in [5.41, 5.74) is -0.341. The maximum absolute atomic E-state index is 13.8. The van der Waals surface area contributed by atoms with Crippen LogP contribution in [0.5, 0.6) is 0 Å². The molecular formula is C15H22FN3O2. The van der Waals surface area contributed by atoms with E-state index in [4.69, 9.17) is 0 Å². The summed E-state index contributed by atoms with van der Waals surface area (Å²) in [6, 6.07) is 6.75. The molecule has 0 spiro atoms. The lowest BCUT2D eigenvalue weighted by atomic mass is 10.0. The molecule has 0 aliphatic carbocycles. The Morgan fingerprint density at radius 1 is 1.33 bits per heavy atom. The van der Waals surface area contributed by atoms with Crippen molar-refractivity contribution in [3.8, 4) is 0 Å². The second-order valence-corrected chi connectivity index (χ2v) is 5.60. The molecule has 0 amide bonds. The van der Waals surface area contributed by atoms with Crippen molar-refractivity contribution < 1.29 is 14.3 Å². The summed E-state index contributed by atoms with van der Waals surface area (Å²) in [4.78, 5) is 15.4. The van der Waals surface area contributed by atoms with Gasteiger partial charge in [-0.25, -0.2) is 4.39 Å². The van der Waals surface area contributed by atoms with E-state index in [2.05, 4.69) is 10.2 Å². The summed E-state index contributed by atoms with van der Waals surface area (Å²) in [6.07, 6.45) is 0. The summed E-state index contributed by atoms with van der Waals surface area (Å²) in [7, 11) is 1.66. The van der Waals surface area contributed by atoms with Gasteiger partial charge in [0.2, 0.25) is 0 Å². The molecule has 2 rings (SSSR count). The maximum Gasteiger partial charge on any atom is 0.324 e. The lowest BCUT2D eigenvalue weighted by molar-refractivity contribution is -0.144. The van der Waals surface area contributed by atoms with Gasteiger partial charge in [-0.05, 0) is 26.1 Å². The smallest absolute Gasteiger partial charge is 0.324 e. The van der Waals surface area contributed by atoms with E-state index < -0.39 is 11.5 Å². The van der Waals surface area contributed by atoms with Crippen LogP contribution in [-0.4, -0.2) is 61.3 Å². The first-order chi connectivity index (χ1) is 9.96. The van der Waals surface area contributed by atoms with Gasteiger partial charge in [0.1, 0.15) is 11.4 Å². The van der Waals surface area contributed by atoms with Gasteiger partial charge in [0, 0.05) is 32.7 Å². The van der Waals surface area contributed by atoms with E-state index in [1.54, 1.807) is 26.1 Å². The summed E-state index contributed by atoms with van der Waals surface area (Å²) >= 11 is 0. The average molecular weight is 295 g/mol. The molecule has 0 aromatic heterocycles. The number of carbonyl (C=O) groups is 1. The van der Waals surface area contributed by atoms with Crippen LogP contribution in [0.4, 0.5) is 10.1 Å². The van der Waals surface area contributed by atoms with E-state index in [9.17, 15) is 14.3 Å². The molecular weight excluding hydrogens is 273 g/mol. The molecule has 116 valence electrons. The number of halogens is 1. The van der Waals surface area contributed by atoms with Crippen molar-refractivity contribution in [2.24, 2.45) is 0 Å². The van der Waals surface area contributed by atoms with Crippen LogP contribution in [0.15, 0.2) is 24.3 Å². The van der Waals surface area contributed by atoms with E-state index in [1.165, 1.54) is 6.07 Å². The van der Waals surface area contributed by atoms with Crippen LogP contribution < -0.4 is 10.2 Å². The van der Waals surface area contributed by atoms with E-state index in [0.29, 0.717) is 25.3 Å². The minimum absolute atomic E-state index is 0.212. The fourth-order valence-corrected chi connectivity index (χ4v) is 2.56. The number of hydrogen-bond donors (Lipinski definition) is 2. The van der Waals surface area contributed by atoms with Crippen molar-refractivity contribution in [1.29, 1.82) is 0 Å². The highest BCUT2D eigenvalue weighted by Gasteiger charge is 2.34. The molecule has 0 saturated carbocycles. The van der Waals surface area contributed by atoms with Crippen LogP contribution in [0.2, 0.25) is 0 Å². The third kappa shape index (κ3) is 3.51. The number of nitrogens with one attached hydrogen (secondary N) is 1. The first-order valence-electron chi connectivity index (χ1n) is 7.10. The highest BCUT2D eigenvalue weighted by Crippen LogP contribution is 2.20. The standard InChI is InChI=1S/C15H22FN3O2/c1-15(17-2,14(20)21)11-18-7-9-19(10-8-18)13-6-4-3-5-12(13)16/h3-6,17H,7-11H2,1-2H3,(H,20,21). The molecule has 1 saturated heterocycles.